The van der Waals surface area contributed by atoms with Crippen molar-refractivity contribution in [2.75, 3.05) is 57.9 Å². The van der Waals surface area contributed by atoms with Crippen molar-refractivity contribution in [2.24, 2.45) is 41.2 Å². The van der Waals surface area contributed by atoms with Gasteiger partial charge in [0, 0.05) is 74.2 Å². The van der Waals surface area contributed by atoms with Crippen LogP contribution in [0.5, 0.6) is 0 Å². The lowest BCUT2D eigenvalue weighted by Crippen LogP contribution is -2.59. The van der Waals surface area contributed by atoms with E-state index >= 15 is 0 Å². The minimum atomic E-state index is -1.08. The third kappa shape index (κ3) is 24.3. The van der Waals surface area contributed by atoms with E-state index in [0.29, 0.717) is 94.5 Å². The molecule has 508 valence electrons. The Morgan fingerprint density at radius 3 is 1.87 bits per heavy atom. The first-order valence-electron chi connectivity index (χ1n) is 33.4. The molecule has 3 saturated heterocycles. The molecule has 3 aliphatic heterocycles. The fourth-order valence-electron chi connectivity index (χ4n) is 12.4. The van der Waals surface area contributed by atoms with Gasteiger partial charge >= 0.3 is 6.03 Å². The second-order valence-electron chi connectivity index (χ2n) is 27.3. The maximum absolute atomic E-state index is 14.8. The number of primary amides is 1. The van der Waals surface area contributed by atoms with Gasteiger partial charge < -0.3 is 51.6 Å². The van der Waals surface area contributed by atoms with Crippen LogP contribution in [0, 0.1) is 35.5 Å². The number of hydrogen-bond donors (Lipinski definition) is 7. The van der Waals surface area contributed by atoms with Gasteiger partial charge in [-0.2, -0.15) is 0 Å². The van der Waals surface area contributed by atoms with Crippen LogP contribution >= 0.6 is 0 Å². The van der Waals surface area contributed by atoms with Crippen molar-refractivity contribution in [3.8, 4) is 0 Å². The Bertz CT molecular complexity index is 3020. The summed E-state index contributed by atoms with van der Waals surface area (Å²) < 4.78 is 11.6. The predicted octanol–water partition coefficient (Wildman–Crippen LogP) is 6.45. The molecule has 0 bridgehead atoms. The highest BCUT2D eigenvalue weighted by Crippen LogP contribution is 2.30. The van der Waals surface area contributed by atoms with E-state index in [9.17, 15) is 52.7 Å². The molecular formula is C71H102N9O13+. The topological polar surface area (TPSA) is 311 Å². The third-order valence-corrected chi connectivity index (χ3v) is 17.8. The van der Waals surface area contributed by atoms with Gasteiger partial charge in [0.2, 0.25) is 35.4 Å². The van der Waals surface area contributed by atoms with Crippen LogP contribution in [-0.4, -0.2) is 156 Å². The molecule has 0 spiro atoms. The second kappa shape index (κ2) is 36.1. The van der Waals surface area contributed by atoms with Gasteiger partial charge in [0.05, 0.1) is 37.9 Å². The number of anilines is 1. The molecule has 93 heavy (non-hydrogen) atoms. The number of unbranched alkanes of at least 4 members (excludes halogenated alkanes) is 2. The lowest BCUT2D eigenvalue weighted by molar-refractivity contribution is -0.940. The highest BCUT2D eigenvalue weighted by Gasteiger charge is 2.50. The molecule has 1 unspecified atom stereocenters. The standard InChI is InChI=1S/C71H101N9O13/c1-46(2)37-54(67(88)77-58(40-51-21-14-10-15-22-51)68(89)76-57(38-47(3)4)65(86)71(8)45-93-71)42-59(81)56(30-27-50-19-12-9-13-20-50)75-62(84)44-80(33-35-92-36-34-80)43-52-25-28-55(29-26-52)74-66(87)53(23-18-31-73-70(72)91)41-60(82)64(48(5)6)78-61(83)24-16-11-17-32-79-63(85)39-49(7)69(79)90/h9-10,12-15,19-22,25-26,28-29,46-49,53-54,56-58,64H,11,16-18,23-24,27,30-45H2,1-8H3,(H7-,72,73,74,75,76,77,78,83,84,87,88,89,91)/p+1/t49?,53-,54-,56+,57+,58+,64+,71-/m1/s1. The molecule has 22 nitrogen and oxygen atoms in total. The van der Waals surface area contributed by atoms with E-state index in [1.807, 2.05) is 114 Å². The lowest BCUT2D eigenvalue weighted by atomic mass is 9.88. The van der Waals surface area contributed by atoms with Crippen molar-refractivity contribution >= 4 is 70.4 Å². The van der Waals surface area contributed by atoms with E-state index in [-0.39, 0.29) is 129 Å². The van der Waals surface area contributed by atoms with Crippen LogP contribution in [-0.2, 0) is 76.8 Å². The zero-order valence-electron chi connectivity index (χ0n) is 55.9. The Hall–Kier alpha value is -7.69. The molecule has 0 saturated carbocycles. The maximum Gasteiger partial charge on any atom is 0.312 e. The van der Waals surface area contributed by atoms with Crippen molar-refractivity contribution in [1.82, 2.24) is 31.5 Å². The molecule has 8 atom stereocenters. The summed E-state index contributed by atoms with van der Waals surface area (Å²) in [5, 5.41) is 17.4. The van der Waals surface area contributed by atoms with Crippen LogP contribution in [0.25, 0.3) is 0 Å². The third-order valence-electron chi connectivity index (χ3n) is 17.8. The largest absolute Gasteiger partial charge is 0.370 e. The van der Waals surface area contributed by atoms with Crippen LogP contribution in [0.1, 0.15) is 149 Å². The summed E-state index contributed by atoms with van der Waals surface area (Å²) in [6.07, 6.45) is 3.73. The molecule has 3 aliphatic rings. The van der Waals surface area contributed by atoms with Crippen LogP contribution < -0.4 is 37.6 Å². The summed E-state index contributed by atoms with van der Waals surface area (Å²) >= 11 is 0. The Morgan fingerprint density at radius 2 is 1.28 bits per heavy atom. The predicted molar refractivity (Wildman–Crippen MR) is 352 cm³/mol. The van der Waals surface area contributed by atoms with E-state index in [0.717, 1.165) is 16.7 Å². The quantitative estimate of drug-likeness (QED) is 0.0140. The van der Waals surface area contributed by atoms with Crippen molar-refractivity contribution in [1.29, 1.82) is 0 Å². The number of urea groups is 1. The van der Waals surface area contributed by atoms with E-state index in [1.165, 1.54) is 4.90 Å². The van der Waals surface area contributed by atoms with Gasteiger partial charge in [0.1, 0.15) is 31.3 Å². The first-order valence-corrected chi connectivity index (χ1v) is 33.4. The minimum absolute atomic E-state index is 0.0114. The molecular weight excluding hydrogens is 1190 g/mol. The number of rotatable bonds is 40. The maximum atomic E-state index is 14.8. The van der Waals surface area contributed by atoms with Crippen LogP contribution in [0.15, 0.2) is 84.9 Å². The Morgan fingerprint density at radius 1 is 0.656 bits per heavy atom. The summed E-state index contributed by atoms with van der Waals surface area (Å²) in [7, 11) is 0. The zero-order valence-corrected chi connectivity index (χ0v) is 55.9. The van der Waals surface area contributed by atoms with Gasteiger partial charge in [-0.15, -0.1) is 0 Å². The Labute approximate surface area is 548 Å². The molecule has 3 aromatic rings. The number of nitrogens with zero attached hydrogens (tertiary/aromatic N) is 2. The molecule has 8 N–H and O–H groups in total. The first kappa shape index (κ1) is 74.4. The highest BCUT2D eigenvalue weighted by atomic mass is 16.6. The SMILES string of the molecule is CC(C)C[C@H](CC(=O)[C@H](CCc1ccccc1)NC(=O)C[N+]1(Cc2ccc(NC(=O)[C@H](CCCNC(N)=O)CC(=O)[C@@H](NC(=O)CCCCCN3C(=O)CC(C)C3=O)C(C)C)cc2)CCOCC1)C(=O)N[C@@H](Cc1ccccc1)C(=O)N[C@@H](CC(C)C)C(=O)[C@@]1(C)CO1. The number of hydrogen-bond acceptors (Lipinski definition) is 13. The second-order valence-corrected chi connectivity index (χ2v) is 27.3. The molecule has 6 rings (SSSR count). The number of Topliss-reactive ketones (excluding diaryl/α,β-unsaturated/α-hetero) is 3. The number of ketones is 3. The van der Waals surface area contributed by atoms with Gasteiger partial charge in [-0.05, 0) is 99.3 Å². The molecule has 3 aromatic carbocycles. The van der Waals surface area contributed by atoms with Crippen molar-refractivity contribution in [2.45, 2.75) is 182 Å². The Kier molecular flexibility index (Phi) is 28.9. The normalized spacial score (nSPS) is 18.8. The van der Waals surface area contributed by atoms with Gasteiger partial charge in [0.25, 0.3) is 5.91 Å². The van der Waals surface area contributed by atoms with Gasteiger partial charge in [-0.1, -0.05) is 128 Å². The van der Waals surface area contributed by atoms with E-state index < -0.39 is 65.4 Å². The number of amides is 9. The molecule has 3 fully saturated rings. The number of carbonyl (C=O) groups is 11. The number of morpholine rings is 1. The Balaban J connectivity index is 1.11. The van der Waals surface area contributed by atoms with Crippen LogP contribution in [0.2, 0.25) is 0 Å². The number of nitrogens with two attached hydrogens (primary N) is 1. The fourth-order valence-corrected chi connectivity index (χ4v) is 12.4. The zero-order chi connectivity index (χ0) is 67.8. The van der Waals surface area contributed by atoms with Crippen LogP contribution in [0.3, 0.4) is 0 Å². The van der Waals surface area contributed by atoms with E-state index in [2.05, 4.69) is 31.9 Å². The van der Waals surface area contributed by atoms with E-state index in [1.54, 1.807) is 26.0 Å². The lowest BCUT2D eigenvalue weighted by Gasteiger charge is -2.41. The van der Waals surface area contributed by atoms with Crippen LogP contribution in [0.4, 0.5) is 10.5 Å². The molecule has 0 aromatic heterocycles. The number of quaternary nitrogens is 1. The van der Waals surface area contributed by atoms with Crippen molar-refractivity contribution in [3.63, 3.8) is 0 Å². The average molecular weight is 1290 g/mol. The number of carbonyl (C=O) groups excluding carboxylic acids is 11. The van der Waals surface area contributed by atoms with E-state index in [4.69, 9.17) is 15.2 Å². The molecule has 22 heteroatoms. The number of ether oxygens (including phenoxy) is 2. The monoisotopic (exact) mass is 1290 g/mol. The summed E-state index contributed by atoms with van der Waals surface area (Å²) in [6, 6.07) is 21.7. The van der Waals surface area contributed by atoms with Gasteiger partial charge in [-0.3, -0.25) is 52.8 Å². The number of imide groups is 1. The highest BCUT2D eigenvalue weighted by molar-refractivity contribution is 6.03. The minimum Gasteiger partial charge on any atom is -0.370 e. The number of epoxide rings is 1. The number of aryl methyl sites for hydroxylation is 1. The number of likely N-dealkylation sites (tertiary alicyclic amines) is 1. The summed E-state index contributed by atoms with van der Waals surface area (Å²) in [5.74, 6) is -5.59. The van der Waals surface area contributed by atoms with Gasteiger partial charge in [-0.25, -0.2) is 4.79 Å². The molecule has 0 radical (unpaired) electrons. The smallest absolute Gasteiger partial charge is 0.312 e. The summed E-state index contributed by atoms with van der Waals surface area (Å²) in [6.45, 7) is 17.8. The number of benzene rings is 3. The summed E-state index contributed by atoms with van der Waals surface area (Å²) in [5.41, 5.74) is 7.41. The van der Waals surface area contributed by atoms with Crippen molar-refractivity contribution < 1.29 is 66.7 Å². The molecule has 3 heterocycles. The van der Waals surface area contributed by atoms with Crippen molar-refractivity contribution in [3.05, 3.63) is 102 Å². The number of nitrogens with one attached hydrogen (secondary N) is 6. The molecule has 0 aliphatic carbocycles. The van der Waals surface area contributed by atoms with Gasteiger partial charge in [0.15, 0.2) is 23.9 Å². The average Bonchev–Trinajstić information content (AvgIpc) is 1.73. The first-order chi connectivity index (χ1) is 44.2. The fraction of sp³-hybridized carbons (Fsp3) is 0.592. The molecule has 9 amide bonds. The summed E-state index contributed by atoms with van der Waals surface area (Å²) in [4.78, 5) is 151.